The second kappa shape index (κ2) is 11.0. The molecule has 8 heteroatoms. The van der Waals surface area contributed by atoms with Crippen molar-refractivity contribution in [1.29, 1.82) is 0 Å². The molecule has 0 spiro atoms. The molecule has 3 aromatic rings. The van der Waals surface area contributed by atoms with Crippen molar-refractivity contribution in [3.05, 3.63) is 48.5 Å². The van der Waals surface area contributed by atoms with Crippen LogP contribution < -0.4 is 15.0 Å². The summed E-state index contributed by atoms with van der Waals surface area (Å²) >= 11 is 1.38. The smallest absolute Gasteiger partial charge is 0.237 e. The SMILES string of the molecule is CCOc1ccc(NC(=O)C(C)Sc2nnc(-c3ccc(N(CC)CC)cc3)n2C)cc1. The van der Waals surface area contributed by atoms with E-state index in [0.717, 1.165) is 35.9 Å². The fraction of sp³-hybridized carbons (Fsp3) is 0.375. The van der Waals surface area contributed by atoms with Crippen LogP contribution in [0.2, 0.25) is 0 Å². The third-order valence-corrected chi connectivity index (χ3v) is 6.31. The van der Waals surface area contributed by atoms with Gasteiger partial charge in [0.2, 0.25) is 5.91 Å². The minimum atomic E-state index is -0.331. The lowest BCUT2D eigenvalue weighted by molar-refractivity contribution is -0.115. The van der Waals surface area contributed by atoms with E-state index in [1.807, 2.05) is 49.7 Å². The van der Waals surface area contributed by atoms with Gasteiger partial charge in [-0.2, -0.15) is 0 Å². The van der Waals surface area contributed by atoms with E-state index in [2.05, 4.69) is 58.5 Å². The monoisotopic (exact) mass is 453 g/mol. The summed E-state index contributed by atoms with van der Waals surface area (Å²) in [7, 11) is 1.92. The Morgan fingerprint density at radius 3 is 2.31 bits per heavy atom. The van der Waals surface area contributed by atoms with Crippen LogP contribution in [0.15, 0.2) is 53.7 Å². The Labute approximate surface area is 194 Å². The highest BCUT2D eigenvalue weighted by Crippen LogP contribution is 2.28. The molecule has 1 amide bonds. The second-order valence-corrected chi connectivity index (χ2v) is 8.60. The predicted molar refractivity (Wildman–Crippen MR) is 132 cm³/mol. The van der Waals surface area contributed by atoms with Gasteiger partial charge in [0, 0.05) is 37.1 Å². The molecule has 1 aromatic heterocycles. The van der Waals surface area contributed by atoms with E-state index in [-0.39, 0.29) is 11.2 Å². The first-order chi connectivity index (χ1) is 15.5. The van der Waals surface area contributed by atoms with Crippen molar-refractivity contribution in [2.75, 3.05) is 29.9 Å². The quantitative estimate of drug-likeness (QED) is 0.443. The summed E-state index contributed by atoms with van der Waals surface area (Å²) in [4.78, 5) is 14.9. The number of hydrogen-bond acceptors (Lipinski definition) is 6. The largest absolute Gasteiger partial charge is 0.494 e. The van der Waals surface area contributed by atoms with Crippen molar-refractivity contribution < 1.29 is 9.53 Å². The lowest BCUT2D eigenvalue weighted by Crippen LogP contribution is -2.22. The Balaban J connectivity index is 1.65. The van der Waals surface area contributed by atoms with E-state index in [0.29, 0.717) is 11.8 Å². The van der Waals surface area contributed by atoms with Gasteiger partial charge in [0.15, 0.2) is 11.0 Å². The number of aromatic nitrogens is 3. The predicted octanol–water partition coefficient (Wildman–Crippen LogP) is 4.85. The van der Waals surface area contributed by atoms with Gasteiger partial charge in [0.25, 0.3) is 0 Å². The minimum Gasteiger partial charge on any atom is -0.494 e. The summed E-state index contributed by atoms with van der Waals surface area (Å²) in [6.45, 7) is 10.6. The third-order valence-electron chi connectivity index (χ3n) is 5.17. The fourth-order valence-electron chi connectivity index (χ4n) is 3.34. The number of carbonyl (C=O) groups excluding carboxylic acids is 1. The van der Waals surface area contributed by atoms with Crippen molar-refractivity contribution in [2.45, 2.75) is 38.1 Å². The van der Waals surface area contributed by atoms with Crippen molar-refractivity contribution in [3.8, 4) is 17.1 Å². The van der Waals surface area contributed by atoms with Gasteiger partial charge in [-0.25, -0.2) is 0 Å². The van der Waals surface area contributed by atoms with Crippen LogP contribution in [-0.4, -0.2) is 45.6 Å². The number of amides is 1. The number of anilines is 2. The van der Waals surface area contributed by atoms with Crippen LogP contribution in [0.4, 0.5) is 11.4 Å². The summed E-state index contributed by atoms with van der Waals surface area (Å²) in [5.74, 6) is 1.47. The molecule has 1 N–H and O–H groups in total. The molecule has 0 saturated heterocycles. The third kappa shape index (κ3) is 5.62. The van der Waals surface area contributed by atoms with Crippen LogP contribution in [0.1, 0.15) is 27.7 Å². The summed E-state index contributed by atoms with van der Waals surface area (Å²) in [6.07, 6.45) is 0. The summed E-state index contributed by atoms with van der Waals surface area (Å²) in [5, 5.41) is 12.0. The number of benzene rings is 2. The highest BCUT2D eigenvalue weighted by molar-refractivity contribution is 8.00. The normalized spacial score (nSPS) is 11.8. The maximum atomic E-state index is 12.6. The Bertz CT molecular complexity index is 1010. The van der Waals surface area contributed by atoms with E-state index in [1.54, 1.807) is 0 Å². The molecule has 170 valence electrons. The maximum Gasteiger partial charge on any atom is 0.237 e. The molecule has 1 heterocycles. The first-order valence-electron chi connectivity index (χ1n) is 10.9. The van der Waals surface area contributed by atoms with Crippen LogP contribution in [0.3, 0.4) is 0 Å². The maximum absolute atomic E-state index is 12.6. The molecule has 0 bridgehead atoms. The molecule has 1 atom stereocenters. The lowest BCUT2D eigenvalue weighted by atomic mass is 10.2. The van der Waals surface area contributed by atoms with E-state index >= 15 is 0 Å². The van der Waals surface area contributed by atoms with Crippen LogP contribution >= 0.6 is 11.8 Å². The Kier molecular flexibility index (Phi) is 8.16. The highest BCUT2D eigenvalue weighted by atomic mass is 32.2. The molecule has 0 aliphatic carbocycles. The molecule has 3 rings (SSSR count). The van der Waals surface area contributed by atoms with E-state index < -0.39 is 0 Å². The average Bonchev–Trinajstić information content (AvgIpc) is 3.16. The van der Waals surface area contributed by atoms with Gasteiger partial charge in [0.05, 0.1) is 11.9 Å². The number of rotatable bonds is 10. The van der Waals surface area contributed by atoms with Gasteiger partial charge < -0.3 is 19.5 Å². The molecule has 0 radical (unpaired) electrons. The van der Waals surface area contributed by atoms with E-state index in [4.69, 9.17) is 4.74 Å². The molecule has 0 aliphatic heterocycles. The van der Waals surface area contributed by atoms with Crippen LogP contribution in [-0.2, 0) is 11.8 Å². The Morgan fingerprint density at radius 2 is 1.72 bits per heavy atom. The van der Waals surface area contributed by atoms with Crippen LogP contribution in [0, 0.1) is 0 Å². The number of carbonyl (C=O) groups is 1. The topological polar surface area (TPSA) is 72.3 Å². The molecule has 32 heavy (non-hydrogen) atoms. The van der Waals surface area contributed by atoms with Crippen molar-refractivity contribution in [1.82, 2.24) is 14.8 Å². The lowest BCUT2D eigenvalue weighted by Gasteiger charge is -2.21. The van der Waals surface area contributed by atoms with Crippen molar-refractivity contribution >= 4 is 29.0 Å². The van der Waals surface area contributed by atoms with Gasteiger partial charge in [-0.1, -0.05) is 11.8 Å². The number of hydrogen-bond donors (Lipinski definition) is 1. The number of thioether (sulfide) groups is 1. The molecule has 0 fully saturated rings. The molecule has 0 saturated carbocycles. The first kappa shape index (κ1) is 23.7. The zero-order chi connectivity index (χ0) is 23.1. The van der Waals surface area contributed by atoms with Crippen molar-refractivity contribution in [2.24, 2.45) is 7.05 Å². The van der Waals surface area contributed by atoms with Crippen molar-refractivity contribution in [3.63, 3.8) is 0 Å². The number of nitrogens with one attached hydrogen (secondary N) is 1. The van der Waals surface area contributed by atoms with Gasteiger partial charge in [-0.15, -0.1) is 10.2 Å². The number of nitrogens with zero attached hydrogens (tertiary/aromatic N) is 4. The summed E-state index contributed by atoms with van der Waals surface area (Å²) in [6, 6.07) is 15.7. The summed E-state index contributed by atoms with van der Waals surface area (Å²) in [5.41, 5.74) is 2.92. The Hall–Kier alpha value is -3.00. The van der Waals surface area contributed by atoms with Crippen LogP contribution in [0.5, 0.6) is 5.75 Å². The number of ether oxygens (including phenoxy) is 1. The standard InChI is InChI=1S/C24H31N5O2S/c1-6-29(7-2)20-13-9-18(10-14-20)22-26-27-24(28(22)5)32-17(4)23(30)25-19-11-15-21(16-12-19)31-8-3/h9-17H,6-8H2,1-5H3,(H,25,30). The second-order valence-electron chi connectivity index (χ2n) is 7.29. The molecule has 2 aromatic carbocycles. The van der Waals surface area contributed by atoms with Gasteiger partial charge in [-0.3, -0.25) is 4.79 Å². The fourth-order valence-corrected chi connectivity index (χ4v) is 4.15. The molecule has 1 unspecified atom stereocenters. The van der Waals surface area contributed by atoms with E-state index in [9.17, 15) is 4.79 Å². The average molecular weight is 454 g/mol. The molecule has 7 nitrogen and oxygen atoms in total. The summed E-state index contributed by atoms with van der Waals surface area (Å²) < 4.78 is 7.36. The zero-order valence-corrected chi connectivity index (χ0v) is 20.1. The molecular weight excluding hydrogens is 422 g/mol. The minimum absolute atomic E-state index is 0.0905. The van der Waals surface area contributed by atoms with Gasteiger partial charge >= 0.3 is 0 Å². The van der Waals surface area contributed by atoms with Gasteiger partial charge in [-0.05, 0) is 76.2 Å². The Morgan fingerprint density at radius 1 is 1.06 bits per heavy atom. The zero-order valence-electron chi connectivity index (χ0n) is 19.3. The van der Waals surface area contributed by atoms with Crippen LogP contribution in [0.25, 0.3) is 11.4 Å². The first-order valence-corrected chi connectivity index (χ1v) is 11.8. The molecular formula is C24H31N5O2S. The van der Waals surface area contributed by atoms with Gasteiger partial charge in [0.1, 0.15) is 5.75 Å². The highest BCUT2D eigenvalue weighted by Gasteiger charge is 2.19. The van der Waals surface area contributed by atoms with E-state index in [1.165, 1.54) is 17.4 Å². The molecule has 0 aliphatic rings.